The van der Waals surface area contributed by atoms with E-state index >= 15 is 0 Å². The van der Waals surface area contributed by atoms with Crippen molar-refractivity contribution >= 4 is 11.8 Å². The highest BCUT2D eigenvalue weighted by Gasteiger charge is 2.31. The summed E-state index contributed by atoms with van der Waals surface area (Å²) < 4.78 is 0. The Morgan fingerprint density at radius 3 is 1.38 bits per heavy atom. The van der Waals surface area contributed by atoms with Gasteiger partial charge in [0.1, 0.15) is 0 Å². The summed E-state index contributed by atoms with van der Waals surface area (Å²) in [6, 6.07) is 3.85. The van der Waals surface area contributed by atoms with Gasteiger partial charge in [-0.05, 0) is 48.9 Å². The third-order valence-corrected chi connectivity index (χ3v) is 7.29. The van der Waals surface area contributed by atoms with Crippen LogP contribution in [0.4, 0.5) is 0 Å². The highest BCUT2D eigenvalue weighted by Crippen LogP contribution is 2.30. The van der Waals surface area contributed by atoms with E-state index in [4.69, 9.17) is 0 Å². The summed E-state index contributed by atoms with van der Waals surface area (Å²) in [5.41, 5.74) is 4.00. The van der Waals surface area contributed by atoms with Crippen molar-refractivity contribution in [2.24, 2.45) is 0 Å². The maximum Gasteiger partial charge on any atom is 0.254 e. The zero-order valence-corrected chi connectivity index (χ0v) is 20.6. The van der Waals surface area contributed by atoms with Crippen LogP contribution in [0.1, 0.15) is 123 Å². The Morgan fingerprint density at radius 2 is 0.969 bits per heavy atom. The summed E-state index contributed by atoms with van der Waals surface area (Å²) >= 11 is 0. The van der Waals surface area contributed by atoms with Crippen molar-refractivity contribution in [1.29, 1.82) is 0 Å². The van der Waals surface area contributed by atoms with Crippen LogP contribution < -0.4 is 0 Å². The van der Waals surface area contributed by atoms with E-state index < -0.39 is 0 Å². The van der Waals surface area contributed by atoms with Crippen molar-refractivity contribution in [2.75, 3.05) is 26.2 Å². The van der Waals surface area contributed by atoms with Crippen LogP contribution in [0, 0.1) is 0 Å². The molecule has 2 amide bonds. The molecule has 0 fully saturated rings. The van der Waals surface area contributed by atoms with Gasteiger partial charge in [0, 0.05) is 37.3 Å². The summed E-state index contributed by atoms with van der Waals surface area (Å²) in [6.45, 7) is 7.81. The molecule has 3 rings (SSSR count). The van der Waals surface area contributed by atoms with Gasteiger partial charge in [-0.15, -0.1) is 0 Å². The monoisotopic (exact) mass is 440 g/mol. The topological polar surface area (TPSA) is 40.6 Å². The summed E-state index contributed by atoms with van der Waals surface area (Å²) in [7, 11) is 0. The Balaban J connectivity index is 1.53. The van der Waals surface area contributed by atoms with E-state index in [-0.39, 0.29) is 11.8 Å². The summed E-state index contributed by atoms with van der Waals surface area (Å²) in [4.78, 5) is 30.3. The lowest BCUT2D eigenvalue weighted by atomic mass is 9.86. The number of unbranched alkanes of at least 4 members (excludes halogenated alkanes) is 10. The Labute approximate surface area is 195 Å². The Hall–Kier alpha value is -1.84. The Kier molecular flexibility index (Phi) is 10.1. The van der Waals surface area contributed by atoms with E-state index in [2.05, 4.69) is 13.8 Å². The first kappa shape index (κ1) is 24.8. The zero-order chi connectivity index (χ0) is 22.8. The van der Waals surface area contributed by atoms with Gasteiger partial charge in [0.25, 0.3) is 11.8 Å². The van der Waals surface area contributed by atoms with Gasteiger partial charge in [0.15, 0.2) is 0 Å². The molecule has 0 bridgehead atoms. The molecule has 32 heavy (non-hydrogen) atoms. The van der Waals surface area contributed by atoms with Crippen LogP contribution >= 0.6 is 0 Å². The molecule has 2 aliphatic heterocycles. The minimum Gasteiger partial charge on any atom is -0.338 e. The summed E-state index contributed by atoms with van der Waals surface area (Å²) in [6.07, 6.45) is 16.7. The fourth-order valence-corrected chi connectivity index (χ4v) is 5.29. The van der Waals surface area contributed by atoms with Crippen LogP contribution in [0.3, 0.4) is 0 Å². The molecule has 0 saturated heterocycles. The van der Waals surface area contributed by atoms with Gasteiger partial charge in [-0.3, -0.25) is 9.59 Å². The van der Waals surface area contributed by atoms with Gasteiger partial charge in [0.05, 0.1) is 0 Å². The third-order valence-electron chi connectivity index (χ3n) is 7.29. The highest BCUT2D eigenvalue weighted by molar-refractivity contribution is 6.02. The van der Waals surface area contributed by atoms with Gasteiger partial charge in [0.2, 0.25) is 0 Å². The summed E-state index contributed by atoms with van der Waals surface area (Å²) in [5.74, 6) is 0.342. The predicted octanol–water partition coefficient (Wildman–Crippen LogP) is 6.40. The van der Waals surface area contributed by atoms with Crippen LogP contribution in [0.5, 0.6) is 0 Å². The lowest BCUT2D eigenvalue weighted by molar-refractivity contribution is 0.0716. The smallest absolute Gasteiger partial charge is 0.254 e. The van der Waals surface area contributed by atoms with Crippen molar-refractivity contribution < 1.29 is 9.59 Å². The lowest BCUT2D eigenvalue weighted by Gasteiger charge is -2.34. The van der Waals surface area contributed by atoms with E-state index in [1.54, 1.807) is 0 Å². The number of fused-ring (bicyclic) bond motifs is 3. The number of hydrogen-bond donors (Lipinski definition) is 0. The molecule has 4 nitrogen and oxygen atoms in total. The van der Waals surface area contributed by atoms with Gasteiger partial charge >= 0.3 is 0 Å². The first-order chi connectivity index (χ1) is 15.7. The maximum absolute atomic E-state index is 13.1. The maximum atomic E-state index is 13.1. The van der Waals surface area contributed by atoms with Gasteiger partial charge in [-0.1, -0.05) is 78.1 Å². The van der Waals surface area contributed by atoms with Gasteiger partial charge in [-0.2, -0.15) is 0 Å². The van der Waals surface area contributed by atoms with Crippen molar-refractivity contribution in [3.8, 4) is 0 Å². The fourth-order valence-electron chi connectivity index (χ4n) is 5.29. The first-order valence-electron chi connectivity index (χ1n) is 13.4. The van der Waals surface area contributed by atoms with Crippen LogP contribution in [-0.2, 0) is 12.8 Å². The van der Waals surface area contributed by atoms with Gasteiger partial charge < -0.3 is 9.80 Å². The number of benzene rings is 1. The Bertz CT molecular complexity index is 695. The molecule has 2 heterocycles. The van der Waals surface area contributed by atoms with Crippen LogP contribution in [-0.4, -0.2) is 47.8 Å². The molecule has 0 spiro atoms. The standard InChI is InChI=1S/C28H44N2O2/c1-3-5-7-9-11-13-19-29-21-17-23-24-18-22-30(20-14-12-10-8-6-4-2)28(32)26(24)16-15-25(23)27(29)31/h15-16H,3-14,17-22H2,1-2H3. The minimum atomic E-state index is 0.171. The molecule has 2 aliphatic rings. The van der Waals surface area contributed by atoms with Crippen molar-refractivity contribution in [3.05, 3.63) is 34.4 Å². The number of carbonyl (C=O) groups excluding carboxylic acids is 2. The largest absolute Gasteiger partial charge is 0.338 e. The summed E-state index contributed by atoms with van der Waals surface area (Å²) in [5, 5.41) is 0. The molecular weight excluding hydrogens is 396 g/mol. The predicted molar refractivity (Wildman–Crippen MR) is 132 cm³/mol. The van der Waals surface area contributed by atoms with E-state index in [9.17, 15) is 9.59 Å². The molecule has 1 aromatic carbocycles. The van der Waals surface area contributed by atoms with Crippen LogP contribution in [0.2, 0.25) is 0 Å². The molecule has 0 radical (unpaired) electrons. The molecule has 1 aromatic rings. The van der Waals surface area contributed by atoms with Crippen molar-refractivity contribution in [1.82, 2.24) is 9.80 Å². The van der Waals surface area contributed by atoms with Gasteiger partial charge in [-0.25, -0.2) is 0 Å². The van der Waals surface area contributed by atoms with Crippen molar-refractivity contribution in [2.45, 2.75) is 104 Å². The molecule has 0 aliphatic carbocycles. The molecule has 0 unspecified atom stereocenters. The van der Waals surface area contributed by atoms with E-state index in [0.29, 0.717) is 0 Å². The normalized spacial score (nSPS) is 15.8. The molecule has 0 N–H and O–H groups in total. The number of rotatable bonds is 14. The third kappa shape index (κ3) is 6.36. The lowest BCUT2D eigenvalue weighted by Crippen LogP contribution is -2.42. The number of hydrogen-bond acceptors (Lipinski definition) is 2. The van der Waals surface area contributed by atoms with E-state index in [0.717, 1.165) is 74.1 Å². The second kappa shape index (κ2) is 13.0. The molecule has 0 aromatic heterocycles. The number of nitrogens with zero attached hydrogens (tertiary/aromatic N) is 2. The first-order valence-corrected chi connectivity index (χ1v) is 13.4. The molecule has 0 atom stereocenters. The second-order valence-corrected chi connectivity index (χ2v) is 9.74. The fraction of sp³-hybridized carbons (Fsp3) is 0.714. The number of carbonyl (C=O) groups is 2. The van der Waals surface area contributed by atoms with E-state index in [1.165, 1.54) is 64.2 Å². The van der Waals surface area contributed by atoms with Crippen molar-refractivity contribution in [3.63, 3.8) is 0 Å². The highest BCUT2D eigenvalue weighted by atomic mass is 16.2. The molecule has 4 heteroatoms. The quantitative estimate of drug-likeness (QED) is 0.314. The average molecular weight is 441 g/mol. The minimum absolute atomic E-state index is 0.171. The van der Waals surface area contributed by atoms with Crippen LogP contribution in [0.15, 0.2) is 12.1 Å². The SMILES string of the molecule is CCCCCCCCN1CCc2c(ccc3c2CCN(CCCCCCCC)C3=O)C1=O. The average Bonchev–Trinajstić information content (AvgIpc) is 2.81. The Morgan fingerprint density at radius 1 is 0.594 bits per heavy atom. The van der Waals surface area contributed by atoms with Crippen LogP contribution in [0.25, 0.3) is 0 Å². The molecule has 178 valence electrons. The molecule has 0 saturated carbocycles. The molecular formula is C28H44N2O2. The van der Waals surface area contributed by atoms with E-state index in [1.807, 2.05) is 21.9 Å². The zero-order valence-electron chi connectivity index (χ0n) is 20.6. The number of amides is 2. The second-order valence-electron chi connectivity index (χ2n) is 9.74.